The second-order valence-electron chi connectivity index (χ2n) is 12.0. The molecule has 0 unspecified atom stereocenters. The molecule has 2 aromatic rings. The van der Waals surface area contributed by atoms with E-state index in [4.69, 9.17) is 0 Å². The molecule has 0 saturated carbocycles. The van der Waals surface area contributed by atoms with Gasteiger partial charge in [-0.15, -0.1) is 0 Å². The predicted molar refractivity (Wildman–Crippen MR) is 161 cm³/mol. The van der Waals surface area contributed by atoms with Crippen molar-refractivity contribution in [2.45, 2.75) is 39.3 Å². The number of phenolic OH excluding ortho intramolecular Hbond substituents is 2. The van der Waals surface area contributed by atoms with Gasteiger partial charge in [-0.25, -0.2) is 0 Å². The summed E-state index contributed by atoms with van der Waals surface area (Å²) in [5.74, 6) is 0.870. The molecule has 0 aliphatic rings. The Hall–Kier alpha value is -1.58. The minimum absolute atomic E-state index is 0. The van der Waals surface area contributed by atoms with Crippen LogP contribution in [-0.4, -0.2) is 124 Å². The molecule has 0 atom stereocenters. The number of hydrogen-bond donors (Lipinski definition) is 2. The van der Waals surface area contributed by atoms with Gasteiger partial charge in [0.2, 0.25) is 0 Å². The van der Waals surface area contributed by atoms with E-state index in [2.05, 4.69) is 81.9 Å². The van der Waals surface area contributed by atoms with Crippen molar-refractivity contribution < 1.29 is 29.7 Å². The zero-order valence-corrected chi connectivity index (χ0v) is 29.8. The molecule has 0 bridgehead atoms. The average Bonchev–Trinajstić information content (AvgIpc) is 2.73. The maximum absolute atomic E-state index is 10.4. The summed E-state index contributed by atoms with van der Waals surface area (Å²) in [5.41, 5.74) is 6.50. The maximum Gasteiger partial charge on any atom is 0.124 e. The van der Waals surface area contributed by atoms with Crippen LogP contribution >= 0.6 is 0 Å². The molecule has 8 nitrogen and oxygen atoms in total. The first kappa shape index (κ1) is 37.4. The summed E-state index contributed by atoms with van der Waals surface area (Å²) in [7, 11) is 24.4. The topological polar surface area (TPSA) is 59.9 Å². The van der Waals surface area contributed by atoms with Crippen molar-refractivity contribution in [3.8, 4) is 11.5 Å². The van der Waals surface area contributed by atoms with Crippen molar-refractivity contribution in [1.82, 2.24) is 29.4 Å². The minimum atomic E-state index is 0. The van der Waals surface area contributed by atoms with E-state index < -0.39 is 0 Å². The van der Waals surface area contributed by atoms with Gasteiger partial charge in [-0.1, -0.05) is 0 Å². The first-order chi connectivity index (χ1) is 17.6. The Balaban J connectivity index is 0.000000722. The van der Waals surface area contributed by atoms with E-state index in [9.17, 15) is 10.2 Å². The normalized spacial score (nSPS) is 11.5. The van der Waals surface area contributed by atoms with Crippen LogP contribution in [0.1, 0.15) is 33.4 Å². The first-order valence-corrected chi connectivity index (χ1v) is 13.1. The number of phenols is 2. The zero-order chi connectivity index (χ0) is 29.2. The largest absolute Gasteiger partial charge is 0.507 e. The molecule has 0 saturated heterocycles. The second-order valence-corrected chi connectivity index (χ2v) is 12.0. The third-order valence-electron chi connectivity index (χ3n) is 5.60. The van der Waals surface area contributed by atoms with Gasteiger partial charge >= 0.3 is 0 Å². The van der Waals surface area contributed by atoms with Crippen molar-refractivity contribution in [3.05, 3.63) is 57.6 Å². The summed E-state index contributed by atoms with van der Waals surface area (Å²) in [6.45, 7) is 4.81. The fourth-order valence-electron chi connectivity index (χ4n) is 4.42. The van der Waals surface area contributed by atoms with Crippen molar-refractivity contribution in [3.63, 3.8) is 0 Å². The Labute approximate surface area is 251 Å². The molecule has 0 fully saturated rings. The Bertz CT molecular complexity index is 852. The van der Waals surface area contributed by atoms with E-state index in [1.807, 2.05) is 56.4 Å². The quantitative estimate of drug-likeness (QED) is 0.363. The van der Waals surface area contributed by atoms with E-state index in [0.29, 0.717) is 11.5 Å². The van der Waals surface area contributed by atoms with Crippen LogP contribution in [-0.2, 0) is 58.7 Å². The molecule has 218 valence electrons. The molecule has 0 aromatic heterocycles. The molecule has 0 radical (unpaired) electrons. The van der Waals surface area contributed by atoms with Crippen molar-refractivity contribution in [1.29, 1.82) is 0 Å². The summed E-state index contributed by atoms with van der Waals surface area (Å²) in [6, 6.07) is 8.42. The van der Waals surface area contributed by atoms with Gasteiger partial charge in [0, 0.05) is 81.0 Å². The van der Waals surface area contributed by atoms with E-state index in [1.54, 1.807) is 0 Å². The monoisotopic (exact) mass is 594 g/mol. The summed E-state index contributed by atoms with van der Waals surface area (Å²) in [4.78, 5) is 12.6. The molecular weight excluding hydrogens is 542 g/mol. The summed E-state index contributed by atoms with van der Waals surface area (Å²) in [5, 5.41) is 20.8. The fraction of sp³-hybridized carbons (Fsp3) is 0.600. The van der Waals surface area contributed by atoms with Crippen LogP contribution < -0.4 is 0 Å². The van der Waals surface area contributed by atoms with E-state index in [-0.39, 0.29) is 19.5 Å². The predicted octanol–water partition coefficient (Wildman–Crippen LogP) is 3.15. The van der Waals surface area contributed by atoms with Crippen molar-refractivity contribution in [2.24, 2.45) is 0 Å². The summed E-state index contributed by atoms with van der Waals surface area (Å²) < 4.78 is 0. The van der Waals surface area contributed by atoms with Gasteiger partial charge in [-0.05, 0) is 120 Å². The summed E-state index contributed by atoms with van der Waals surface area (Å²) in [6.07, 6.45) is 0. The third-order valence-corrected chi connectivity index (χ3v) is 5.60. The van der Waals surface area contributed by atoms with Crippen LogP contribution in [0.4, 0.5) is 0 Å². The molecular formula is C30H54N6O2Zn. The number of aromatic hydroxyl groups is 2. The van der Waals surface area contributed by atoms with Gasteiger partial charge in [0.1, 0.15) is 11.5 Å². The van der Waals surface area contributed by atoms with E-state index in [1.165, 1.54) is 11.1 Å². The van der Waals surface area contributed by atoms with Crippen LogP contribution in [0.5, 0.6) is 11.5 Å². The molecule has 39 heavy (non-hydrogen) atoms. The molecule has 2 N–H and O–H groups in total. The Morgan fingerprint density at radius 1 is 0.385 bits per heavy atom. The minimum Gasteiger partial charge on any atom is -0.507 e. The van der Waals surface area contributed by atoms with Crippen LogP contribution in [0.3, 0.4) is 0 Å². The molecule has 9 heteroatoms. The molecule has 2 aromatic carbocycles. The fourth-order valence-corrected chi connectivity index (χ4v) is 4.42. The summed E-state index contributed by atoms with van der Waals surface area (Å²) >= 11 is 0. The number of hydrogen-bond acceptors (Lipinski definition) is 8. The Morgan fingerprint density at radius 3 is 0.718 bits per heavy atom. The average molecular weight is 596 g/mol. The number of nitrogens with zero attached hydrogens (tertiary/aromatic N) is 6. The number of benzene rings is 2. The zero-order valence-electron chi connectivity index (χ0n) is 26.8. The second kappa shape index (κ2) is 18.0. The van der Waals surface area contributed by atoms with Gasteiger partial charge in [0.15, 0.2) is 0 Å². The molecule has 0 aliphatic carbocycles. The van der Waals surface area contributed by atoms with Gasteiger partial charge in [0.05, 0.1) is 0 Å². The molecule has 0 aliphatic heterocycles. The Morgan fingerprint density at radius 2 is 0.564 bits per heavy atom. The standard InChI is InChI=1S/2C15H27N3O.Zn/c2*1-16(2)9-12-7-13(10-17(3)4)15(19)14(8-12)11-18(5)6;/h2*7-8,19H,9-11H2,1-6H3;. The third kappa shape index (κ3) is 14.6. The SMILES string of the molecule is CN(C)Cc1cc(CN(C)C)c(O)c(CN(C)C)c1.CN(C)Cc1cc(CN(C)C)c(O)c(CN(C)C)c1.[Zn]. The van der Waals surface area contributed by atoms with Gasteiger partial charge in [-0.2, -0.15) is 0 Å². The maximum atomic E-state index is 10.4. The first-order valence-electron chi connectivity index (χ1n) is 13.1. The molecule has 0 amide bonds. The molecule has 0 spiro atoms. The van der Waals surface area contributed by atoms with E-state index >= 15 is 0 Å². The Kier molecular flexibility index (Phi) is 17.2. The van der Waals surface area contributed by atoms with Gasteiger partial charge < -0.3 is 39.6 Å². The van der Waals surface area contributed by atoms with Gasteiger partial charge in [0.25, 0.3) is 0 Å². The van der Waals surface area contributed by atoms with Crippen molar-refractivity contribution in [2.75, 3.05) is 84.6 Å². The van der Waals surface area contributed by atoms with Crippen molar-refractivity contribution >= 4 is 0 Å². The van der Waals surface area contributed by atoms with Crippen LogP contribution in [0.25, 0.3) is 0 Å². The number of rotatable bonds is 12. The molecule has 2 rings (SSSR count). The van der Waals surface area contributed by atoms with Crippen LogP contribution in [0.2, 0.25) is 0 Å². The van der Waals surface area contributed by atoms with Gasteiger partial charge in [-0.3, -0.25) is 0 Å². The van der Waals surface area contributed by atoms with E-state index in [0.717, 1.165) is 61.5 Å². The smallest absolute Gasteiger partial charge is 0.124 e. The van der Waals surface area contributed by atoms with Crippen LogP contribution in [0, 0.1) is 0 Å². The molecule has 0 heterocycles. The van der Waals surface area contributed by atoms with Crippen LogP contribution in [0.15, 0.2) is 24.3 Å².